The molecule has 0 bridgehead atoms. The number of nitrogens with two attached hydrogens (primary N) is 2. The van der Waals surface area contributed by atoms with Gasteiger partial charge in [0.05, 0.1) is 5.20 Å². The van der Waals surface area contributed by atoms with Crippen molar-refractivity contribution in [3.63, 3.8) is 0 Å². The highest BCUT2D eigenvalue weighted by atomic mass is 79.9. The van der Waals surface area contributed by atoms with Crippen molar-refractivity contribution in [2.45, 2.75) is 0 Å². The lowest BCUT2D eigenvalue weighted by atomic mass is 9.79. The van der Waals surface area contributed by atoms with Crippen molar-refractivity contribution >= 4 is 92.3 Å². The largest absolute Gasteiger partial charge is 0.490 e. The van der Waals surface area contributed by atoms with Gasteiger partial charge in [-0.3, -0.25) is 0 Å². The van der Waals surface area contributed by atoms with E-state index in [1.807, 2.05) is 24.3 Å². The number of nitrogen functional groups attached to an aromatic ring is 2. The molecule has 0 saturated heterocycles. The molecule has 8 heteroatoms. The second-order valence-electron chi connectivity index (χ2n) is 16.3. The number of rotatable bonds is 10. The van der Waals surface area contributed by atoms with Crippen LogP contribution >= 0.6 is 15.9 Å². The SMILES string of the molecule is Brc1cccc([Si](C2=CC=[C+]C=C2)(c2ccccc2)c2ccccc2)c1.Nc1ccccc1-c1cccc([Si](c2ccccc2)(c2ccccc2)c2ccccc2)c1.Nc1ccccc1B(O)O. The molecule has 0 spiro atoms. The van der Waals surface area contributed by atoms with Crippen molar-refractivity contribution in [2.24, 2.45) is 0 Å². The molecule has 1 aliphatic carbocycles. The summed E-state index contributed by atoms with van der Waals surface area (Å²) in [5, 5.41) is 28.3. The second-order valence-corrected chi connectivity index (χ2v) is 24.8. The Balaban J connectivity index is 0.000000155. The van der Waals surface area contributed by atoms with Gasteiger partial charge in [-0.15, -0.1) is 0 Å². The van der Waals surface area contributed by atoms with Crippen LogP contribution in [0.5, 0.6) is 0 Å². The molecule has 0 saturated carbocycles. The average molecular weight is 979 g/mol. The molecule has 6 N–H and O–H groups in total. The smallest absolute Gasteiger partial charge is 0.423 e. The fourth-order valence-electron chi connectivity index (χ4n) is 9.23. The number of hydrogen-bond donors (Lipinski definition) is 4. The summed E-state index contributed by atoms with van der Waals surface area (Å²) < 4.78 is 1.11. The number of halogens is 1. The van der Waals surface area contributed by atoms with Crippen LogP contribution in [0.1, 0.15) is 0 Å². The van der Waals surface area contributed by atoms with Gasteiger partial charge >= 0.3 is 7.12 Å². The predicted octanol–water partition coefficient (Wildman–Crippen LogP) is 7.58. The lowest BCUT2D eigenvalue weighted by Gasteiger charge is -2.34. The van der Waals surface area contributed by atoms with Crippen LogP contribution in [-0.4, -0.2) is 33.3 Å². The minimum Gasteiger partial charge on any atom is -0.423 e. The maximum Gasteiger partial charge on any atom is 0.490 e. The first kappa shape index (κ1) is 47.1. The van der Waals surface area contributed by atoms with Crippen molar-refractivity contribution in [1.29, 1.82) is 0 Å². The van der Waals surface area contributed by atoms with E-state index < -0.39 is 23.3 Å². The molecule has 0 atom stereocenters. The van der Waals surface area contributed by atoms with Crippen molar-refractivity contribution in [1.82, 2.24) is 0 Å². The third kappa shape index (κ3) is 10.1. The summed E-state index contributed by atoms with van der Waals surface area (Å²) in [6, 6.07) is 87.3. The summed E-state index contributed by atoms with van der Waals surface area (Å²) in [5.74, 6) is 0. The van der Waals surface area contributed by atoms with Gasteiger partial charge in [0.15, 0.2) is 8.07 Å². The molecule has 0 heterocycles. The molecule has 1 aliphatic rings. The molecule has 0 aliphatic heterocycles. The average Bonchev–Trinajstić information content (AvgIpc) is 3.40. The van der Waals surface area contributed by atoms with E-state index in [0.29, 0.717) is 11.2 Å². The highest BCUT2D eigenvalue weighted by Gasteiger charge is 2.45. The van der Waals surface area contributed by atoms with Gasteiger partial charge < -0.3 is 21.5 Å². The highest BCUT2D eigenvalue weighted by molar-refractivity contribution is 9.10. The third-order valence-electron chi connectivity index (χ3n) is 12.3. The van der Waals surface area contributed by atoms with Crippen molar-refractivity contribution in [3.05, 3.63) is 289 Å². The lowest BCUT2D eigenvalue weighted by molar-refractivity contribution is 0.426. The Morgan fingerprint density at radius 2 is 0.824 bits per heavy atom. The number of hydrogen-bond acceptors (Lipinski definition) is 4. The van der Waals surface area contributed by atoms with Crippen molar-refractivity contribution in [2.75, 3.05) is 11.5 Å². The Labute approximate surface area is 411 Å². The van der Waals surface area contributed by atoms with Crippen LogP contribution < -0.4 is 53.2 Å². The third-order valence-corrected chi connectivity index (χ3v) is 22.3. The number of anilines is 2. The monoisotopic (exact) mass is 977 g/mol. The Hall–Kier alpha value is -7.39. The molecular weight excluding hydrogens is 928 g/mol. The van der Waals surface area contributed by atoms with Crippen LogP contribution in [0.4, 0.5) is 11.4 Å². The van der Waals surface area contributed by atoms with E-state index in [1.54, 1.807) is 24.3 Å². The van der Waals surface area contributed by atoms with E-state index in [4.69, 9.17) is 21.5 Å². The summed E-state index contributed by atoms with van der Waals surface area (Å²) in [4.78, 5) is 0. The Morgan fingerprint density at radius 3 is 1.25 bits per heavy atom. The maximum atomic E-state index is 8.68. The van der Waals surface area contributed by atoms with E-state index in [-0.39, 0.29) is 0 Å². The highest BCUT2D eigenvalue weighted by Crippen LogP contribution is 2.26. The summed E-state index contributed by atoms with van der Waals surface area (Å²) >= 11 is 3.69. The number of allylic oxidation sites excluding steroid dienone is 6. The summed E-state index contributed by atoms with van der Waals surface area (Å²) in [5.41, 5.74) is 15.5. The van der Waals surface area contributed by atoms with Gasteiger partial charge in [0.25, 0.3) is 0 Å². The fourth-order valence-corrected chi connectivity index (χ4v) is 19.4. The molecule has 0 unspecified atom stereocenters. The maximum absolute atomic E-state index is 8.68. The minimum atomic E-state index is -2.52. The molecule has 0 fully saturated rings. The van der Waals surface area contributed by atoms with Crippen molar-refractivity contribution < 1.29 is 10.0 Å². The van der Waals surface area contributed by atoms with E-state index in [1.165, 1.54) is 41.5 Å². The molecular formula is C60H51BBrN2O2Si2+. The first-order valence-electron chi connectivity index (χ1n) is 22.5. The van der Waals surface area contributed by atoms with Gasteiger partial charge in [-0.25, -0.2) is 0 Å². The van der Waals surface area contributed by atoms with Gasteiger partial charge in [-0.1, -0.05) is 240 Å². The van der Waals surface area contributed by atoms with Gasteiger partial charge in [-0.05, 0) is 66.1 Å². The van der Waals surface area contributed by atoms with Crippen LogP contribution in [0.3, 0.4) is 0 Å². The zero-order valence-electron chi connectivity index (χ0n) is 37.5. The Kier molecular flexibility index (Phi) is 15.5. The zero-order chi connectivity index (χ0) is 47.2. The molecule has 4 nitrogen and oxygen atoms in total. The summed E-state index contributed by atoms with van der Waals surface area (Å²) in [7, 11) is -6.37. The number of benzene rings is 9. The van der Waals surface area contributed by atoms with Crippen LogP contribution in [0.25, 0.3) is 11.1 Å². The van der Waals surface area contributed by atoms with Gasteiger partial charge in [0.2, 0.25) is 8.07 Å². The zero-order valence-corrected chi connectivity index (χ0v) is 41.1. The Bertz CT molecular complexity index is 3000. The van der Waals surface area contributed by atoms with Gasteiger partial charge in [-0.2, -0.15) is 0 Å². The van der Waals surface area contributed by atoms with E-state index in [2.05, 4.69) is 246 Å². The molecule has 9 aromatic carbocycles. The molecule has 10 rings (SSSR count). The van der Waals surface area contributed by atoms with Gasteiger partial charge in [0, 0.05) is 45.1 Å². The first-order chi connectivity index (χ1) is 33.3. The topological polar surface area (TPSA) is 92.5 Å². The van der Waals surface area contributed by atoms with E-state index in [9.17, 15) is 0 Å². The first-order valence-corrected chi connectivity index (χ1v) is 27.3. The van der Waals surface area contributed by atoms with E-state index in [0.717, 1.165) is 21.3 Å². The van der Waals surface area contributed by atoms with Gasteiger partial charge in [0.1, 0.15) is 12.2 Å². The molecule has 0 aromatic heterocycles. The summed E-state index contributed by atoms with van der Waals surface area (Å²) in [6.07, 6.45) is 11.7. The van der Waals surface area contributed by atoms with Crippen LogP contribution in [0.2, 0.25) is 0 Å². The van der Waals surface area contributed by atoms with Crippen LogP contribution in [0.15, 0.2) is 283 Å². The number of para-hydroxylation sites is 2. The molecule has 0 amide bonds. The predicted molar refractivity (Wildman–Crippen MR) is 297 cm³/mol. The normalized spacial score (nSPS) is 11.7. The lowest BCUT2D eigenvalue weighted by Crippen LogP contribution is -2.74. The fraction of sp³-hybridized carbons (Fsp3) is 0. The Morgan fingerprint density at radius 1 is 0.412 bits per heavy atom. The molecule has 330 valence electrons. The van der Waals surface area contributed by atoms with Crippen molar-refractivity contribution in [3.8, 4) is 11.1 Å². The quantitative estimate of drug-likeness (QED) is 0.0493. The second kappa shape index (κ2) is 22.4. The van der Waals surface area contributed by atoms with E-state index >= 15 is 0 Å². The molecule has 68 heavy (non-hydrogen) atoms. The van der Waals surface area contributed by atoms with Crippen LogP contribution in [0, 0.1) is 6.08 Å². The molecule has 9 aromatic rings. The van der Waals surface area contributed by atoms with Crippen LogP contribution in [-0.2, 0) is 0 Å². The summed E-state index contributed by atoms with van der Waals surface area (Å²) in [6.45, 7) is 0. The minimum absolute atomic E-state index is 0.350. The standard InChI is InChI=1S/C30H25NSi.C24H18BrSi.C6H8BNO2/c31-30-22-11-10-21-29(30)24-13-12-20-28(23-24)32(25-14-4-1-5-15-25,26-16-6-2-7-17-26)27-18-8-3-9-19-27;25-20-11-10-18-24(19-20)26(21-12-4-1-5-13-21,22-14-6-2-7-15-22)23-16-8-3-9-17-23;8-6-4-2-1-3-5(6)7(9)10/h1-23H,31H2;1-2,4-19H;1-4,9-10H,8H2/q;+1;. The molecule has 0 radical (unpaired) electrons.